The van der Waals surface area contributed by atoms with E-state index in [0.717, 1.165) is 67.6 Å². The first-order chi connectivity index (χ1) is 17.2. The Labute approximate surface area is 212 Å². The Morgan fingerprint density at radius 1 is 1.06 bits per heavy atom. The number of hydrogen-bond donors (Lipinski definition) is 4. The number of rotatable bonds is 9. The van der Waals surface area contributed by atoms with Crippen molar-refractivity contribution in [2.24, 2.45) is 5.73 Å². The number of carbonyl (C=O) groups excluding carboxylic acids is 1. The van der Waals surface area contributed by atoms with Crippen LogP contribution in [0, 0.1) is 0 Å². The molecule has 2 aromatic carbocycles. The first-order valence-corrected chi connectivity index (χ1v) is 14.0. The Morgan fingerprint density at radius 2 is 1.83 bits per heavy atom. The van der Waals surface area contributed by atoms with Crippen LogP contribution < -0.4 is 16.4 Å². The number of H-pyrrole nitrogens is 1. The van der Waals surface area contributed by atoms with Crippen LogP contribution in [-0.2, 0) is 0 Å². The molecule has 0 atom stereocenters. The van der Waals surface area contributed by atoms with Gasteiger partial charge in [-0.25, -0.2) is 0 Å². The number of nitrogens with one attached hydrogen (secondary N) is 3. The third kappa shape index (κ3) is 5.92. The topological polar surface area (TPSA) is 86.2 Å². The van der Waals surface area contributed by atoms with Gasteiger partial charge in [0.05, 0.1) is 11.1 Å². The second kappa shape index (κ2) is 11.6. The molecule has 0 saturated carbocycles. The van der Waals surface area contributed by atoms with Crippen LogP contribution >= 0.6 is 11.9 Å². The van der Waals surface area contributed by atoms with E-state index in [0.29, 0.717) is 17.5 Å². The van der Waals surface area contributed by atoms with Crippen molar-refractivity contribution in [3.8, 4) is 11.1 Å². The predicted molar refractivity (Wildman–Crippen MR) is 147 cm³/mol. The summed E-state index contributed by atoms with van der Waals surface area (Å²) < 4.78 is 2.54. The molecule has 1 amide bonds. The lowest BCUT2D eigenvalue weighted by Gasteiger charge is -2.31. The highest BCUT2D eigenvalue weighted by molar-refractivity contribution is 7.97. The van der Waals surface area contributed by atoms with Crippen molar-refractivity contribution in [3.05, 3.63) is 59.8 Å². The van der Waals surface area contributed by atoms with Crippen LogP contribution in [0.4, 0.5) is 0 Å². The molecule has 3 aromatic rings. The van der Waals surface area contributed by atoms with E-state index in [1.54, 1.807) is 0 Å². The highest BCUT2D eigenvalue weighted by Crippen LogP contribution is 2.37. The summed E-state index contributed by atoms with van der Waals surface area (Å²) in [5, 5.41) is 8.28. The lowest BCUT2D eigenvalue weighted by molar-refractivity contribution is 0.100. The van der Waals surface area contributed by atoms with Gasteiger partial charge in [0.15, 0.2) is 0 Å². The number of hydrogen-bond acceptors (Lipinski definition) is 5. The number of amides is 1. The largest absolute Gasteiger partial charge is 0.366 e. The Bertz CT molecular complexity index is 1120. The summed E-state index contributed by atoms with van der Waals surface area (Å²) in [6, 6.07) is 15.1. The van der Waals surface area contributed by atoms with E-state index in [4.69, 9.17) is 5.73 Å². The number of aromatic amines is 1. The van der Waals surface area contributed by atoms with E-state index < -0.39 is 0 Å². The molecular formula is C28H37N5OS. The van der Waals surface area contributed by atoms with Crippen LogP contribution in [0.3, 0.4) is 0 Å². The Kier molecular flexibility index (Phi) is 8.09. The van der Waals surface area contributed by atoms with Gasteiger partial charge in [0, 0.05) is 36.5 Å². The van der Waals surface area contributed by atoms with Gasteiger partial charge in [-0.15, -0.1) is 0 Å². The highest BCUT2D eigenvalue weighted by Gasteiger charge is 2.24. The van der Waals surface area contributed by atoms with E-state index in [1.165, 1.54) is 30.6 Å². The van der Waals surface area contributed by atoms with Crippen molar-refractivity contribution in [3.63, 3.8) is 0 Å². The molecule has 2 aliphatic rings. The molecular weight excluding hydrogens is 454 g/mol. The first-order valence-electron chi connectivity index (χ1n) is 13.0. The second-order valence-corrected chi connectivity index (χ2v) is 11.0. The van der Waals surface area contributed by atoms with Gasteiger partial charge in [0.2, 0.25) is 0 Å². The smallest absolute Gasteiger partial charge is 0.250 e. The van der Waals surface area contributed by atoms with Gasteiger partial charge in [-0.2, -0.15) is 0 Å². The van der Waals surface area contributed by atoms with Crippen LogP contribution in [0.1, 0.15) is 53.9 Å². The van der Waals surface area contributed by atoms with Gasteiger partial charge in [-0.1, -0.05) is 42.3 Å². The van der Waals surface area contributed by atoms with E-state index in [9.17, 15) is 4.79 Å². The number of aromatic nitrogens is 1. The van der Waals surface area contributed by atoms with Gasteiger partial charge < -0.3 is 21.4 Å². The minimum Gasteiger partial charge on any atom is -0.366 e. The maximum atomic E-state index is 12.2. The lowest BCUT2D eigenvalue weighted by atomic mass is 9.88. The summed E-state index contributed by atoms with van der Waals surface area (Å²) in [6.07, 6.45) is 8.09. The lowest BCUT2D eigenvalue weighted by Crippen LogP contribution is -2.40. The van der Waals surface area contributed by atoms with Gasteiger partial charge in [0.1, 0.15) is 0 Å². The quantitative estimate of drug-likeness (QED) is 0.262. The Morgan fingerprint density at radius 3 is 2.57 bits per heavy atom. The number of nitrogens with zero attached hydrogens (tertiary/aromatic N) is 1. The molecule has 5 N–H and O–H groups in total. The van der Waals surface area contributed by atoms with Gasteiger partial charge >= 0.3 is 0 Å². The molecule has 0 spiro atoms. The van der Waals surface area contributed by atoms with Crippen molar-refractivity contribution in [1.29, 1.82) is 0 Å². The predicted octanol–water partition coefficient (Wildman–Crippen LogP) is 4.49. The zero-order valence-corrected chi connectivity index (χ0v) is 21.2. The summed E-state index contributed by atoms with van der Waals surface area (Å²) >= 11 is 2.00. The van der Waals surface area contributed by atoms with Gasteiger partial charge in [-0.3, -0.25) is 9.10 Å². The number of carbonyl (C=O) groups is 1. The molecule has 0 bridgehead atoms. The summed E-state index contributed by atoms with van der Waals surface area (Å²) in [5.74, 6) is 1.29. The molecule has 2 fully saturated rings. The molecule has 7 heteroatoms. The van der Waals surface area contributed by atoms with E-state index in [-0.39, 0.29) is 5.91 Å². The summed E-state index contributed by atoms with van der Waals surface area (Å²) in [6.45, 7) is 5.62. The maximum Gasteiger partial charge on any atom is 0.250 e. The molecule has 2 saturated heterocycles. The normalized spacial score (nSPS) is 18.3. The van der Waals surface area contributed by atoms with Crippen LogP contribution in [0.15, 0.2) is 48.7 Å². The zero-order valence-electron chi connectivity index (χ0n) is 20.4. The molecule has 0 unspecified atom stereocenters. The first kappa shape index (κ1) is 24.4. The Hall–Kier alpha value is -2.32. The molecule has 3 heterocycles. The fourth-order valence-electron chi connectivity index (χ4n) is 5.48. The van der Waals surface area contributed by atoms with Crippen molar-refractivity contribution < 1.29 is 4.79 Å². The molecule has 0 radical (unpaired) electrons. The fourth-order valence-corrected chi connectivity index (χ4v) is 6.48. The molecule has 5 rings (SSSR count). The third-order valence-corrected chi connectivity index (χ3v) is 8.66. The summed E-state index contributed by atoms with van der Waals surface area (Å²) in [5.41, 5.74) is 10.7. The van der Waals surface area contributed by atoms with Crippen LogP contribution in [0.2, 0.25) is 0 Å². The molecule has 0 aliphatic carbocycles. The van der Waals surface area contributed by atoms with E-state index in [1.807, 2.05) is 36.2 Å². The van der Waals surface area contributed by atoms with Crippen LogP contribution in [-0.4, -0.2) is 59.7 Å². The van der Waals surface area contributed by atoms with Crippen molar-refractivity contribution in [2.45, 2.75) is 44.1 Å². The minimum atomic E-state index is -0.387. The van der Waals surface area contributed by atoms with E-state index in [2.05, 4.69) is 44.3 Å². The molecule has 186 valence electrons. The molecule has 2 aliphatic heterocycles. The highest BCUT2D eigenvalue weighted by atomic mass is 32.2. The minimum absolute atomic E-state index is 0.387. The van der Waals surface area contributed by atoms with Gasteiger partial charge in [-0.05, 0) is 86.5 Å². The van der Waals surface area contributed by atoms with Crippen LogP contribution in [0.25, 0.3) is 22.0 Å². The monoisotopic (exact) mass is 491 g/mol. The zero-order chi connectivity index (χ0) is 24.0. The van der Waals surface area contributed by atoms with Gasteiger partial charge in [0.25, 0.3) is 5.91 Å². The second-order valence-electron chi connectivity index (χ2n) is 9.79. The average Bonchev–Trinajstić information content (AvgIpc) is 3.33. The Balaban J connectivity index is 1.19. The summed E-state index contributed by atoms with van der Waals surface area (Å²) in [7, 11) is 0. The fraction of sp³-hybridized carbons (Fsp3) is 0.464. The number of benzene rings is 2. The number of primary amides is 1. The summed E-state index contributed by atoms with van der Waals surface area (Å²) in [4.78, 5) is 15.6. The van der Waals surface area contributed by atoms with E-state index >= 15 is 0 Å². The van der Waals surface area contributed by atoms with Crippen molar-refractivity contribution in [1.82, 2.24) is 19.9 Å². The van der Waals surface area contributed by atoms with Crippen molar-refractivity contribution >= 4 is 28.8 Å². The number of fused-ring (bicyclic) bond motifs is 1. The molecule has 6 nitrogen and oxygen atoms in total. The number of piperidine rings is 2. The van der Waals surface area contributed by atoms with Crippen molar-refractivity contribution in [2.75, 3.05) is 38.5 Å². The third-order valence-electron chi connectivity index (χ3n) is 7.45. The standard InChI is InChI=1S/C28H37N5OS/c29-28(34)25-18-22(20-5-2-1-3-6-20)17-24-26(19-32-27(24)25)21-9-14-33(15-10-21)35-16-4-11-31-23-7-12-30-13-8-23/h1-3,5-6,17-19,21,23,30-32H,4,7-16H2,(H2,29,34). The SMILES string of the molecule is NC(=O)c1cc(-c2ccccc2)cc2c(C3CCN(SCCCNC4CCNCC4)CC3)c[nH]c12. The average molecular weight is 492 g/mol. The molecule has 35 heavy (non-hydrogen) atoms. The maximum absolute atomic E-state index is 12.2. The van der Waals surface area contributed by atoms with Crippen LogP contribution in [0.5, 0.6) is 0 Å². The number of nitrogens with two attached hydrogens (primary N) is 1. The molecule has 1 aromatic heterocycles.